The molecular weight excluding hydrogens is 350 g/mol. The molecule has 0 fully saturated rings. The van der Waals surface area contributed by atoms with Crippen molar-refractivity contribution in [2.24, 2.45) is 0 Å². The second-order valence-corrected chi connectivity index (χ2v) is 7.46. The number of esters is 1. The van der Waals surface area contributed by atoms with Crippen LogP contribution in [0.3, 0.4) is 0 Å². The molecule has 3 heterocycles. The summed E-state index contributed by atoms with van der Waals surface area (Å²) in [4.78, 5) is 14.3. The minimum Gasteiger partial charge on any atom is -0.454 e. The van der Waals surface area contributed by atoms with Crippen molar-refractivity contribution in [2.75, 3.05) is 0 Å². The lowest BCUT2D eigenvalue weighted by molar-refractivity contribution is 0.0455. The third-order valence-electron chi connectivity index (χ3n) is 4.57. The lowest BCUT2D eigenvalue weighted by atomic mass is 9.95. The van der Waals surface area contributed by atoms with E-state index in [1.165, 1.54) is 11.3 Å². The highest BCUT2D eigenvalue weighted by atomic mass is 32.1. The first-order valence-electron chi connectivity index (χ1n) is 8.98. The molecule has 8 heteroatoms. The standard InChI is InChI=1S/C18H21N5O2S/c1-2-9-23-15(19-20-21-23)12-25-18(24)16-13-7-3-4-8-14(13)26-17(16)22-10-5-6-11-22/h5-6,10-11H,2-4,7-9,12H2,1H3. The van der Waals surface area contributed by atoms with Gasteiger partial charge in [0.15, 0.2) is 12.4 Å². The van der Waals surface area contributed by atoms with Crippen LogP contribution >= 0.6 is 11.3 Å². The van der Waals surface area contributed by atoms with Gasteiger partial charge in [0.2, 0.25) is 0 Å². The van der Waals surface area contributed by atoms with Gasteiger partial charge in [-0.15, -0.1) is 16.4 Å². The predicted molar refractivity (Wildman–Crippen MR) is 97.5 cm³/mol. The fourth-order valence-corrected chi connectivity index (χ4v) is 4.67. The normalized spacial score (nSPS) is 13.6. The summed E-state index contributed by atoms with van der Waals surface area (Å²) in [5.41, 5.74) is 1.86. The van der Waals surface area contributed by atoms with Gasteiger partial charge in [-0.3, -0.25) is 0 Å². The molecule has 0 unspecified atom stereocenters. The van der Waals surface area contributed by atoms with Crippen LogP contribution in [0.4, 0.5) is 0 Å². The smallest absolute Gasteiger partial charge is 0.341 e. The lowest BCUT2D eigenvalue weighted by Gasteiger charge is -2.12. The van der Waals surface area contributed by atoms with Gasteiger partial charge >= 0.3 is 5.97 Å². The van der Waals surface area contributed by atoms with Gasteiger partial charge < -0.3 is 9.30 Å². The first-order valence-corrected chi connectivity index (χ1v) is 9.79. The Morgan fingerprint density at radius 2 is 2.08 bits per heavy atom. The molecule has 0 saturated carbocycles. The van der Waals surface area contributed by atoms with E-state index in [0.717, 1.165) is 36.2 Å². The maximum atomic E-state index is 13.0. The van der Waals surface area contributed by atoms with E-state index in [9.17, 15) is 4.79 Å². The number of aromatic nitrogens is 5. The highest BCUT2D eigenvalue weighted by Gasteiger charge is 2.27. The summed E-state index contributed by atoms with van der Waals surface area (Å²) < 4.78 is 9.30. The molecule has 0 radical (unpaired) electrons. The number of nitrogens with zero attached hydrogens (tertiary/aromatic N) is 5. The van der Waals surface area contributed by atoms with E-state index in [1.807, 2.05) is 29.1 Å². The molecule has 0 bridgehead atoms. The molecule has 0 aliphatic heterocycles. The molecule has 3 aromatic heterocycles. The van der Waals surface area contributed by atoms with Crippen molar-refractivity contribution < 1.29 is 9.53 Å². The summed E-state index contributed by atoms with van der Waals surface area (Å²) >= 11 is 1.70. The van der Waals surface area contributed by atoms with Crippen LogP contribution in [0.1, 0.15) is 52.8 Å². The van der Waals surface area contributed by atoms with E-state index in [4.69, 9.17) is 4.74 Å². The van der Waals surface area contributed by atoms with E-state index in [1.54, 1.807) is 16.0 Å². The quantitative estimate of drug-likeness (QED) is 0.622. The van der Waals surface area contributed by atoms with Crippen molar-refractivity contribution >= 4 is 17.3 Å². The summed E-state index contributed by atoms with van der Waals surface area (Å²) in [6, 6.07) is 3.93. The summed E-state index contributed by atoms with van der Waals surface area (Å²) in [6.45, 7) is 2.85. The third kappa shape index (κ3) is 3.16. The van der Waals surface area contributed by atoms with Gasteiger partial charge in [0.25, 0.3) is 0 Å². The Balaban J connectivity index is 1.61. The van der Waals surface area contributed by atoms with E-state index < -0.39 is 0 Å². The van der Waals surface area contributed by atoms with Gasteiger partial charge in [-0.2, -0.15) is 0 Å². The van der Waals surface area contributed by atoms with Crippen LogP contribution in [0.5, 0.6) is 0 Å². The van der Waals surface area contributed by atoms with Gasteiger partial charge in [0.05, 0.1) is 5.56 Å². The highest BCUT2D eigenvalue weighted by Crippen LogP contribution is 2.37. The number of carbonyl (C=O) groups excluding carboxylic acids is 1. The minimum absolute atomic E-state index is 0.0849. The van der Waals surface area contributed by atoms with Crippen LogP contribution < -0.4 is 0 Å². The summed E-state index contributed by atoms with van der Waals surface area (Å²) in [5, 5.41) is 12.5. The van der Waals surface area contributed by atoms with Crippen molar-refractivity contribution in [3.05, 3.63) is 46.4 Å². The van der Waals surface area contributed by atoms with Crippen LogP contribution in [0, 0.1) is 0 Å². The maximum Gasteiger partial charge on any atom is 0.341 e. The molecule has 0 amide bonds. The van der Waals surface area contributed by atoms with Crippen molar-refractivity contribution in [1.29, 1.82) is 0 Å². The van der Waals surface area contributed by atoms with Gasteiger partial charge in [-0.25, -0.2) is 9.48 Å². The largest absolute Gasteiger partial charge is 0.454 e. The highest BCUT2D eigenvalue weighted by molar-refractivity contribution is 7.15. The van der Waals surface area contributed by atoms with Crippen LogP contribution in [0.15, 0.2) is 24.5 Å². The summed E-state index contributed by atoms with van der Waals surface area (Å²) in [5.74, 6) is 0.283. The molecule has 136 valence electrons. The number of rotatable bonds is 6. The number of hydrogen-bond donors (Lipinski definition) is 0. The fraction of sp³-hybridized carbons (Fsp3) is 0.444. The first kappa shape index (κ1) is 17.0. The zero-order chi connectivity index (χ0) is 17.9. The van der Waals surface area contributed by atoms with Gasteiger partial charge in [0.1, 0.15) is 5.00 Å². The lowest BCUT2D eigenvalue weighted by Crippen LogP contribution is -2.14. The number of fused-ring (bicyclic) bond motifs is 1. The Bertz CT molecular complexity index is 897. The Morgan fingerprint density at radius 1 is 1.27 bits per heavy atom. The Labute approximate surface area is 155 Å². The molecule has 0 atom stereocenters. The average Bonchev–Trinajstić information content (AvgIpc) is 3.39. The maximum absolute atomic E-state index is 13.0. The summed E-state index contributed by atoms with van der Waals surface area (Å²) in [7, 11) is 0. The number of tetrazole rings is 1. The average molecular weight is 371 g/mol. The molecule has 0 aromatic carbocycles. The number of thiophene rings is 1. The predicted octanol–water partition coefficient (Wildman–Crippen LogP) is 3.17. The van der Waals surface area contributed by atoms with Gasteiger partial charge in [-0.05, 0) is 60.2 Å². The molecule has 7 nitrogen and oxygen atoms in total. The Kier molecular flexibility index (Phi) is 4.83. The first-order chi connectivity index (χ1) is 12.8. The fourth-order valence-electron chi connectivity index (χ4n) is 3.33. The van der Waals surface area contributed by atoms with E-state index in [0.29, 0.717) is 17.9 Å². The zero-order valence-corrected chi connectivity index (χ0v) is 15.5. The molecule has 1 aliphatic rings. The van der Waals surface area contributed by atoms with E-state index in [-0.39, 0.29) is 12.6 Å². The molecule has 26 heavy (non-hydrogen) atoms. The molecule has 0 saturated heterocycles. The van der Waals surface area contributed by atoms with Gasteiger partial charge in [0, 0.05) is 23.8 Å². The second kappa shape index (κ2) is 7.41. The van der Waals surface area contributed by atoms with Gasteiger partial charge in [-0.1, -0.05) is 6.92 Å². The number of carbonyl (C=O) groups is 1. The van der Waals surface area contributed by atoms with Crippen molar-refractivity contribution in [3.63, 3.8) is 0 Å². The molecule has 3 aromatic rings. The molecular formula is C18H21N5O2S. The molecule has 0 spiro atoms. The monoisotopic (exact) mass is 371 g/mol. The molecule has 0 N–H and O–H groups in total. The Morgan fingerprint density at radius 3 is 2.88 bits per heavy atom. The number of ether oxygens (including phenoxy) is 1. The van der Waals surface area contributed by atoms with Crippen LogP contribution in [-0.4, -0.2) is 30.7 Å². The molecule has 1 aliphatic carbocycles. The summed E-state index contributed by atoms with van der Waals surface area (Å²) in [6.07, 6.45) is 9.12. The zero-order valence-electron chi connectivity index (χ0n) is 14.7. The van der Waals surface area contributed by atoms with Crippen LogP contribution in [0.2, 0.25) is 0 Å². The second-order valence-electron chi connectivity index (χ2n) is 6.38. The van der Waals surface area contributed by atoms with Crippen molar-refractivity contribution in [2.45, 2.75) is 52.2 Å². The SMILES string of the molecule is CCCn1nnnc1COC(=O)c1c(-n2cccc2)sc2c1CCCC2. The minimum atomic E-state index is -0.292. The third-order valence-corrected chi connectivity index (χ3v) is 5.87. The van der Waals surface area contributed by atoms with Crippen molar-refractivity contribution in [3.8, 4) is 5.00 Å². The Hall–Kier alpha value is -2.48. The van der Waals surface area contributed by atoms with E-state index >= 15 is 0 Å². The number of hydrogen-bond acceptors (Lipinski definition) is 6. The number of aryl methyl sites for hydroxylation is 2. The van der Waals surface area contributed by atoms with Crippen LogP contribution in [0.25, 0.3) is 5.00 Å². The molecule has 4 rings (SSSR count). The van der Waals surface area contributed by atoms with E-state index in [2.05, 4.69) is 22.4 Å². The topological polar surface area (TPSA) is 74.8 Å². The van der Waals surface area contributed by atoms with Crippen LogP contribution in [-0.2, 0) is 30.7 Å². The van der Waals surface area contributed by atoms with Crippen molar-refractivity contribution in [1.82, 2.24) is 24.8 Å².